The summed E-state index contributed by atoms with van der Waals surface area (Å²) in [6.07, 6.45) is 2.37. The second-order valence-corrected chi connectivity index (χ2v) is 6.29. The normalized spacial score (nSPS) is 16.9. The molecule has 1 aromatic heterocycles. The number of fused-ring (bicyclic) bond motifs is 1. The fourth-order valence-corrected chi connectivity index (χ4v) is 3.41. The molecule has 2 aromatic rings. The molecule has 4 heteroatoms. The highest BCUT2D eigenvalue weighted by Gasteiger charge is 2.23. The second-order valence-electron chi connectivity index (χ2n) is 5.26. The molecule has 1 amide bonds. The number of rotatable bonds is 5. The van der Waals surface area contributed by atoms with Gasteiger partial charge in [-0.3, -0.25) is 4.79 Å². The number of ether oxygens (including phenoxy) is 1. The molecule has 21 heavy (non-hydrogen) atoms. The molecule has 1 aromatic carbocycles. The zero-order chi connectivity index (χ0) is 14.5. The van der Waals surface area contributed by atoms with Crippen LogP contribution in [0.15, 0.2) is 41.8 Å². The highest BCUT2D eigenvalue weighted by atomic mass is 32.1. The first-order valence-corrected chi connectivity index (χ1v) is 8.21. The van der Waals surface area contributed by atoms with Crippen LogP contribution < -0.4 is 10.1 Å². The lowest BCUT2D eigenvalue weighted by atomic mass is 9.90. The maximum absolute atomic E-state index is 12.1. The van der Waals surface area contributed by atoms with E-state index in [4.69, 9.17) is 4.74 Å². The number of hydrogen-bond donors (Lipinski definition) is 1. The van der Waals surface area contributed by atoms with Gasteiger partial charge in [-0.15, -0.1) is 11.3 Å². The molecule has 0 saturated carbocycles. The predicted octanol–water partition coefficient (Wildman–Crippen LogP) is 3.36. The predicted molar refractivity (Wildman–Crippen MR) is 84.9 cm³/mol. The molecule has 0 fully saturated rings. The van der Waals surface area contributed by atoms with E-state index >= 15 is 0 Å². The van der Waals surface area contributed by atoms with E-state index < -0.39 is 0 Å². The van der Waals surface area contributed by atoms with Crippen molar-refractivity contribution < 1.29 is 9.53 Å². The van der Waals surface area contributed by atoms with Gasteiger partial charge in [0.1, 0.15) is 5.75 Å². The van der Waals surface area contributed by atoms with Gasteiger partial charge in [0.05, 0.1) is 6.61 Å². The van der Waals surface area contributed by atoms with Crippen LogP contribution in [0.4, 0.5) is 0 Å². The summed E-state index contributed by atoms with van der Waals surface area (Å²) in [5.41, 5.74) is 1.16. The van der Waals surface area contributed by atoms with Crippen molar-refractivity contribution in [3.8, 4) is 5.75 Å². The van der Waals surface area contributed by atoms with E-state index in [1.54, 1.807) is 11.3 Å². The third-order valence-electron chi connectivity index (χ3n) is 3.79. The first-order chi connectivity index (χ1) is 10.3. The van der Waals surface area contributed by atoms with Gasteiger partial charge in [0.15, 0.2) is 0 Å². The third kappa shape index (κ3) is 3.64. The first kappa shape index (κ1) is 14.1. The van der Waals surface area contributed by atoms with Gasteiger partial charge in [-0.2, -0.15) is 0 Å². The van der Waals surface area contributed by atoms with E-state index in [2.05, 4.69) is 22.8 Å². The largest absolute Gasteiger partial charge is 0.493 e. The molecule has 1 atom stereocenters. The minimum absolute atomic E-state index is 0.133. The average Bonchev–Trinajstić information content (AvgIpc) is 3.01. The van der Waals surface area contributed by atoms with Gasteiger partial charge in [-0.05, 0) is 41.8 Å². The number of nitrogens with one attached hydrogen (secondary N) is 1. The number of para-hydroxylation sites is 1. The van der Waals surface area contributed by atoms with Crippen LogP contribution in [0.5, 0.6) is 5.75 Å². The molecule has 1 aliphatic heterocycles. The van der Waals surface area contributed by atoms with Crippen molar-refractivity contribution >= 4 is 17.2 Å². The molecule has 3 rings (SSSR count). The molecular weight excluding hydrogens is 282 g/mol. The molecule has 1 N–H and O–H groups in total. The highest BCUT2D eigenvalue weighted by molar-refractivity contribution is 7.09. The summed E-state index contributed by atoms with van der Waals surface area (Å²) in [4.78, 5) is 13.4. The van der Waals surface area contributed by atoms with Crippen molar-refractivity contribution in [2.75, 3.05) is 13.2 Å². The van der Waals surface area contributed by atoms with Gasteiger partial charge >= 0.3 is 0 Å². The van der Waals surface area contributed by atoms with Crippen LogP contribution in [0.2, 0.25) is 0 Å². The van der Waals surface area contributed by atoms with Crippen LogP contribution in [0.3, 0.4) is 0 Å². The number of carbonyl (C=O) groups excluding carboxylic acids is 1. The second kappa shape index (κ2) is 6.76. The Hall–Kier alpha value is -1.81. The van der Waals surface area contributed by atoms with E-state index in [-0.39, 0.29) is 11.8 Å². The Kier molecular flexibility index (Phi) is 4.55. The molecule has 0 radical (unpaired) electrons. The summed E-state index contributed by atoms with van der Waals surface area (Å²) < 4.78 is 5.64. The standard InChI is InChI=1S/C17H19NO2S/c19-17(18-9-7-14-4-3-11-21-14)12-13-8-10-20-16-6-2-1-5-15(13)16/h1-6,11,13H,7-10,12H2,(H,18,19). The SMILES string of the molecule is O=C(CC1CCOc2ccccc21)NCCc1cccs1. The molecule has 0 bridgehead atoms. The van der Waals surface area contributed by atoms with Crippen molar-refractivity contribution in [2.45, 2.75) is 25.2 Å². The smallest absolute Gasteiger partial charge is 0.220 e. The van der Waals surface area contributed by atoms with Crippen LogP contribution in [0.1, 0.15) is 29.2 Å². The number of thiophene rings is 1. The summed E-state index contributed by atoms with van der Waals surface area (Å²) in [6.45, 7) is 1.41. The quantitative estimate of drug-likeness (QED) is 0.919. The van der Waals surface area contributed by atoms with Crippen LogP contribution in [0.25, 0.3) is 0 Å². The van der Waals surface area contributed by atoms with Crippen LogP contribution in [-0.2, 0) is 11.2 Å². The minimum atomic E-state index is 0.133. The van der Waals surface area contributed by atoms with Crippen molar-refractivity contribution in [2.24, 2.45) is 0 Å². The summed E-state index contributed by atoms with van der Waals surface area (Å²) in [7, 11) is 0. The van der Waals surface area contributed by atoms with Gasteiger partial charge in [-0.25, -0.2) is 0 Å². The van der Waals surface area contributed by atoms with Gasteiger partial charge in [0.2, 0.25) is 5.91 Å². The maximum atomic E-state index is 12.1. The van der Waals surface area contributed by atoms with E-state index in [1.807, 2.05) is 24.3 Å². The van der Waals surface area contributed by atoms with Gasteiger partial charge in [0, 0.05) is 17.8 Å². The third-order valence-corrected chi connectivity index (χ3v) is 4.72. The van der Waals surface area contributed by atoms with Gasteiger partial charge in [-0.1, -0.05) is 24.3 Å². The fourth-order valence-electron chi connectivity index (χ4n) is 2.70. The lowest BCUT2D eigenvalue weighted by Crippen LogP contribution is -2.28. The molecule has 0 aliphatic carbocycles. The Labute approximate surface area is 129 Å². The van der Waals surface area contributed by atoms with E-state index in [0.29, 0.717) is 19.6 Å². The molecule has 0 saturated heterocycles. The Morgan fingerprint density at radius 1 is 1.29 bits per heavy atom. The van der Waals surface area contributed by atoms with E-state index in [9.17, 15) is 4.79 Å². The lowest BCUT2D eigenvalue weighted by Gasteiger charge is -2.25. The Balaban J connectivity index is 1.51. The fraction of sp³-hybridized carbons (Fsp3) is 0.353. The Bertz CT molecular complexity index is 595. The van der Waals surface area contributed by atoms with Gasteiger partial charge < -0.3 is 10.1 Å². The number of amides is 1. The number of benzene rings is 1. The first-order valence-electron chi connectivity index (χ1n) is 7.34. The van der Waals surface area contributed by atoms with Crippen molar-refractivity contribution in [1.29, 1.82) is 0 Å². The van der Waals surface area contributed by atoms with E-state index in [0.717, 1.165) is 24.2 Å². The molecule has 110 valence electrons. The summed E-state index contributed by atoms with van der Waals surface area (Å²) >= 11 is 1.73. The molecule has 0 spiro atoms. The molecular formula is C17H19NO2S. The van der Waals surface area contributed by atoms with Crippen molar-refractivity contribution in [3.05, 3.63) is 52.2 Å². The lowest BCUT2D eigenvalue weighted by molar-refractivity contribution is -0.121. The topological polar surface area (TPSA) is 38.3 Å². The summed E-state index contributed by atoms with van der Waals surface area (Å²) in [6, 6.07) is 12.2. The minimum Gasteiger partial charge on any atom is -0.493 e. The van der Waals surface area contributed by atoms with E-state index in [1.165, 1.54) is 4.88 Å². The summed E-state index contributed by atoms with van der Waals surface area (Å²) in [5.74, 6) is 1.34. The summed E-state index contributed by atoms with van der Waals surface area (Å²) in [5, 5.41) is 5.09. The van der Waals surface area contributed by atoms with Gasteiger partial charge in [0.25, 0.3) is 0 Å². The average molecular weight is 301 g/mol. The van der Waals surface area contributed by atoms with Crippen molar-refractivity contribution in [1.82, 2.24) is 5.32 Å². The molecule has 2 heterocycles. The van der Waals surface area contributed by atoms with Crippen LogP contribution in [0, 0.1) is 0 Å². The monoisotopic (exact) mass is 301 g/mol. The molecule has 1 unspecified atom stereocenters. The number of carbonyl (C=O) groups is 1. The highest BCUT2D eigenvalue weighted by Crippen LogP contribution is 2.35. The Morgan fingerprint density at radius 3 is 3.05 bits per heavy atom. The zero-order valence-electron chi connectivity index (χ0n) is 11.9. The Morgan fingerprint density at radius 2 is 2.19 bits per heavy atom. The molecule has 1 aliphatic rings. The maximum Gasteiger partial charge on any atom is 0.220 e. The zero-order valence-corrected chi connectivity index (χ0v) is 12.7. The van der Waals surface area contributed by atoms with Crippen molar-refractivity contribution in [3.63, 3.8) is 0 Å². The van der Waals surface area contributed by atoms with Crippen LogP contribution >= 0.6 is 11.3 Å². The van der Waals surface area contributed by atoms with Crippen LogP contribution in [-0.4, -0.2) is 19.1 Å². The number of hydrogen-bond acceptors (Lipinski definition) is 3. The molecule has 3 nitrogen and oxygen atoms in total.